The van der Waals surface area contributed by atoms with Crippen LogP contribution in [-0.2, 0) is 28.3 Å². The Morgan fingerprint density at radius 3 is 2.14 bits per heavy atom. The van der Waals surface area contributed by atoms with Crippen molar-refractivity contribution in [3.05, 3.63) is 106 Å². The molecule has 0 aromatic heterocycles. The van der Waals surface area contributed by atoms with E-state index in [2.05, 4.69) is 33.4 Å². The fourth-order valence-corrected chi connectivity index (χ4v) is 5.93. The molecule has 1 atom stereocenters. The number of thioether (sulfide) groups is 1. The van der Waals surface area contributed by atoms with Crippen LogP contribution in [0.1, 0.15) is 48.8 Å². The average molecular weight is 580 g/mol. The van der Waals surface area contributed by atoms with Gasteiger partial charge in [-0.05, 0) is 41.7 Å². The molecular weight excluding hydrogens is 544 g/mol. The van der Waals surface area contributed by atoms with Crippen LogP contribution in [0.15, 0.2) is 89.4 Å². The maximum Gasteiger partial charge on any atom is 0.243 e. The van der Waals surface area contributed by atoms with E-state index in [9.17, 15) is 9.59 Å². The highest BCUT2D eigenvalue weighted by atomic mass is 79.9. The number of benzene rings is 3. The summed E-state index contributed by atoms with van der Waals surface area (Å²) in [7, 11) is 0. The predicted molar refractivity (Wildman–Crippen MR) is 156 cm³/mol. The molecule has 3 aromatic carbocycles. The van der Waals surface area contributed by atoms with Crippen LogP contribution in [0.2, 0.25) is 0 Å². The second kappa shape index (κ2) is 14.4. The van der Waals surface area contributed by atoms with Crippen molar-refractivity contribution >= 4 is 39.5 Å². The van der Waals surface area contributed by atoms with Gasteiger partial charge in [0.15, 0.2) is 0 Å². The fourth-order valence-electron chi connectivity index (χ4n) is 4.78. The third-order valence-corrected chi connectivity index (χ3v) is 8.37. The van der Waals surface area contributed by atoms with Crippen molar-refractivity contribution in [2.45, 2.75) is 62.9 Å². The largest absolute Gasteiger partial charge is 0.352 e. The Labute approximate surface area is 233 Å². The average Bonchev–Trinajstić information content (AvgIpc) is 3.44. The third kappa shape index (κ3) is 8.75. The lowest BCUT2D eigenvalue weighted by atomic mass is 10.0. The number of amides is 2. The van der Waals surface area contributed by atoms with E-state index in [1.54, 1.807) is 11.8 Å². The van der Waals surface area contributed by atoms with Gasteiger partial charge in [0.25, 0.3) is 0 Å². The molecule has 4 rings (SSSR count). The van der Waals surface area contributed by atoms with Crippen molar-refractivity contribution < 1.29 is 9.59 Å². The van der Waals surface area contributed by atoms with Crippen molar-refractivity contribution in [2.75, 3.05) is 5.75 Å². The summed E-state index contributed by atoms with van der Waals surface area (Å²) >= 11 is 5.26. The van der Waals surface area contributed by atoms with E-state index in [-0.39, 0.29) is 17.9 Å². The SMILES string of the molecule is O=C(NC1CCCC1)[C@@H](Cc1ccccc1)N(Cc1ccc(Br)cc1)C(=O)CCSCc1ccccc1. The first-order chi connectivity index (χ1) is 18.1. The van der Waals surface area contributed by atoms with E-state index in [4.69, 9.17) is 0 Å². The van der Waals surface area contributed by atoms with Gasteiger partial charge < -0.3 is 10.2 Å². The Morgan fingerprint density at radius 2 is 1.49 bits per heavy atom. The Morgan fingerprint density at radius 1 is 0.865 bits per heavy atom. The lowest BCUT2D eigenvalue weighted by Gasteiger charge is -2.32. The molecule has 0 heterocycles. The minimum atomic E-state index is -0.557. The highest BCUT2D eigenvalue weighted by Crippen LogP contribution is 2.22. The molecule has 1 fully saturated rings. The maximum absolute atomic E-state index is 13.7. The predicted octanol–water partition coefficient (Wildman–Crippen LogP) is 6.77. The lowest BCUT2D eigenvalue weighted by molar-refractivity contribution is -0.141. The van der Waals surface area contributed by atoms with Gasteiger partial charge in [-0.2, -0.15) is 11.8 Å². The van der Waals surface area contributed by atoms with E-state index in [0.29, 0.717) is 25.1 Å². The molecule has 0 radical (unpaired) electrons. The molecule has 0 saturated heterocycles. The first-order valence-corrected chi connectivity index (χ1v) is 15.0. The van der Waals surface area contributed by atoms with Crippen molar-refractivity contribution in [3.8, 4) is 0 Å². The molecule has 1 N–H and O–H groups in total. The minimum absolute atomic E-state index is 0.0194. The zero-order valence-corrected chi connectivity index (χ0v) is 23.6. The van der Waals surface area contributed by atoms with Crippen LogP contribution in [0.5, 0.6) is 0 Å². The number of hydrogen-bond donors (Lipinski definition) is 1. The Kier molecular flexibility index (Phi) is 10.7. The van der Waals surface area contributed by atoms with E-state index in [1.807, 2.05) is 77.7 Å². The normalized spacial score (nSPS) is 14.3. The first kappa shape index (κ1) is 27.5. The standard InChI is InChI=1S/C31H35BrN2O2S/c32-27-17-15-25(16-18-27)22-34(30(35)19-20-37-23-26-11-5-2-6-12-26)29(21-24-9-3-1-4-10-24)31(36)33-28-13-7-8-14-28/h1-6,9-12,15-18,28-29H,7-8,13-14,19-23H2,(H,33,36)/t29-/m1/s1. The minimum Gasteiger partial charge on any atom is -0.352 e. The van der Waals surface area contributed by atoms with Gasteiger partial charge in [0.2, 0.25) is 11.8 Å². The molecule has 194 valence electrons. The van der Waals surface area contributed by atoms with Gasteiger partial charge >= 0.3 is 0 Å². The fraction of sp³-hybridized carbons (Fsp3) is 0.355. The van der Waals surface area contributed by atoms with Gasteiger partial charge in [-0.15, -0.1) is 0 Å². The van der Waals surface area contributed by atoms with E-state index < -0.39 is 6.04 Å². The van der Waals surface area contributed by atoms with Crippen molar-refractivity contribution in [3.63, 3.8) is 0 Å². The molecule has 0 aliphatic heterocycles. The molecule has 2 amide bonds. The summed E-state index contributed by atoms with van der Waals surface area (Å²) < 4.78 is 0.992. The van der Waals surface area contributed by atoms with Crippen LogP contribution in [0.3, 0.4) is 0 Å². The van der Waals surface area contributed by atoms with Crippen LogP contribution in [0, 0.1) is 0 Å². The number of nitrogens with zero attached hydrogens (tertiary/aromatic N) is 1. The van der Waals surface area contributed by atoms with Crippen molar-refractivity contribution in [1.82, 2.24) is 10.2 Å². The molecule has 6 heteroatoms. The Balaban J connectivity index is 1.52. The molecule has 4 nitrogen and oxygen atoms in total. The summed E-state index contributed by atoms with van der Waals surface area (Å²) in [6.07, 6.45) is 5.22. The maximum atomic E-state index is 13.7. The molecule has 0 spiro atoms. The summed E-state index contributed by atoms with van der Waals surface area (Å²) in [4.78, 5) is 29.2. The topological polar surface area (TPSA) is 49.4 Å². The van der Waals surface area contributed by atoms with Crippen LogP contribution in [0.4, 0.5) is 0 Å². The number of hydrogen-bond acceptors (Lipinski definition) is 3. The second-order valence-corrected chi connectivity index (χ2v) is 11.7. The Hall–Kier alpha value is -2.57. The number of rotatable bonds is 12. The van der Waals surface area contributed by atoms with Gasteiger partial charge in [0, 0.05) is 41.4 Å². The van der Waals surface area contributed by atoms with E-state index in [0.717, 1.165) is 47.0 Å². The third-order valence-electron chi connectivity index (χ3n) is 6.81. The molecule has 37 heavy (non-hydrogen) atoms. The highest BCUT2D eigenvalue weighted by Gasteiger charge is 2.31. The molecule has 0 bridgehead atoms. The molecule has 1 aliphatic carbocycles. The number of halogens is 1. The zero-order chi connectivity index (χ0) is 25.9. The molecule has 0 unspecified atom stereocenters. The van der Waals surface area contributed by atoms with Gasteiger partial charge in [0.05, 0.1) is 0 Å². The lowest BCUT2D eigenvalue weighted by Crippen LogP contribution is -2.52. The molecule has 3 aromatic rings. The van der Waals surface area contributed by atoms with E-state index >= 15 is 0 Å². The highest BCUT2D eigenvalue weighted by molar-refractivity contribution is 9.10. The van der Waals surface area contributed by atoms with Gasteiger partial charge in [-0.1, -0.05) is 102 Å². The Bertz CT molecular complexity index is 1120. The zero-order valence-electron chi connectivity index (χ0n) is 21.2. The summed E-state index contributed by atoms with van der Waals surface area (Å²) in [6.45, 7) is 0.408. The summed E-state index contributed by atoms with van der Waals surface area (Å²) in [5.74, 6) is 1.56. The smallest absolute Gasteiger partial charge is 0.243 e. The van der Waals surface area contributed by atoms with Crippen LogP contribution in [-0.4, -0.2) is 34.6 Å². The number of nitrogens with one attached hydrogen (secondary N) is 1. The van der Waals surface area contributed by atoms with Gasteiger partial charge in [-0.25, -0.2) is 0 Å². The summed E-state index contributed by atoms with van der Waals surface area (Å²) in [6, 6.07) is 28.0. The molecule has 1 aliphatic rings. The summed E-state index contributed by atoms with van der Waals surface area (Å²) in [5.41, 5.74) is 3.32. The van der Waals surface area contributed by atoms with Crippen molar-refractivity contribution in [2.24, 2.45) is 0 Å². The quantitative estimate of drug-likeness (QED) is 0.241. The van der Waals surface area contributed by atoms with Crippen LogP contribution >= 0.6 is 27.7 Å². The monoisotopic (exact) mass is 578 g/mol. The number of carbonyl (C=O) groups is 2. The molecular formula is C31H35BrN2O2S. The van der Waals surface area contributed by atoms with Crippen LogP contribution < -0.4 is 5.32 Å². The second-order valence-electron chi connectivity index (χ2n) is 9.63. The van der Waals surface area contributed by atoms with E-state index in [1.165, 1.54) is 5.56 Å². The van der Waals surface area contributed by atoms with Crippen LogP contribution in [0.25, 0.3) is 0 Å². The number of carbonyl (C=O) groups excluding carboxylic acids is 2. The van der Waals surface area contributed by atoms with Gasteiger partial charge in [0.1, 0.15) is 6.04 Å². The van der Waals surface area contributed by atoms with Gasteiger partial charge in [-0.3, -0.25) is 9.59 Å². The van der Waals surface area contributed by atoms with Crippen molar-refractivity contribution in [1.29, 1.82) is 0 Å². The molecule has 1 saturated carbocycles. The first-order valence-electron chi connectivity index (χ1n) is 13.1. The summed E-state index contributed by atoms with van der Waals surface area (Å²) in [5, 5.41) is 3.27.